The van der Waals surface area contributed by atoms with E-state index in [1.165, 1.54) is 18.1 Å². The molecule has 0 spiro atoms. The predicted molar refractivity (Wildman–Crippen MR) is 78.7 cm³/mol. The molecule has 0 radical (unpaired) electrons. The second-order valence-corrected chi connectivity index (χ2v) is 7.43. The first kappa shape index (κ1) is 15.0. The van der Waals surface area contributed by atoms with E-state index in [0.717, 1.165) is 12.8 Å². The van der Waals surface area contributed by atoms with Crippen LogP contribution in [0.15, 0.2) is 11.1 Å². The highest BCUT2D eigenvalue weighted by Crippen LogP contribution is 2.60. The summed E-state index contributed by atoms with van der Waals surface area (Å²) >= 11 is 0. The minimum Gasteiger partial charge on any atom is -0.455 e. The van der Waals surface area contributed by atoms with Gasteiger partial charge in [0.2, 0.25) is 0 Å². The maximum atomic E-state index is 11.6. The molecule has 0 aromatic rings. The Balaban J connectivity index is 2.15. The van der Waals surface area contributed by atoms with E-state index in [1.54, 1.807) is 0 Å². The van der Waals surface area contributed by atoms with Crippen molar-refractivity contribution in [2.45, 2.75) is 77.3 Å². The number of aliphatic hydroxyl groups excluding tert-OH is 1. The largest absolute Gasteiger partial charge is 0.455 e. The first-order valence-electron chi connectivity index (χ1n) is 7.97. The van der Waals surface area contributed by atoms with Gasteiger partial charge in [0.15, 0.2) is 6.10 Å². The highest BCUT2D eigenvalue weighted by atomic mass is 16.6. The van der Waals surface area contributed by atoms with E-state index in [0.29, 0.717) is 6.42 Å². The molecule has 0 aromatic carbocycles. The highest BCUT2D eigenvalue weighted by Gasteiger charge is 2.68. The number of allylic oxidation sites excluding steroid dienone is 1. The third kappa shape index (κ3) is 1.85. The average molecular weight is 294 g/mol. The molecular weight excluding hydrogens is 268 g/mol. The van der Waals surface area contributed by atoms with E-state index < -0.39 is 17.3 Å². The number of hydrogen-bond donors (Lipinski definition) is 1. The number of aliphatic hydroxyl groups is 1. The van der Waals surface area contributed by atoms with Crippen LogP contribution in [-0.2, 0) is 14.3 Å². The third-order valence-electron chi connectivity index (χ3n) is 5.94. The Kier molecular flexibility index (Phi) is 3.27. The molecule has 5 atom stereocenters. The lowest BCUT2D eigenvalue weighted by molar-refractivity contribution is -0.221. The molecule has 2 fully saturated rings. The Hall–Kier alpha value is -0.870. The van der Waals surface area contributed by atoms with Crippen molar-refractivity contribution in [2.75, 3.05) is 0 Å². The maximum absolute atomic E-state index is 11.6. The van der Waals surface area contributed by atoms with E-state index in [9.17, 15) is 9.90 Å². The van der Waals surface area contributed by atoms with Crippen molar-refractivity contribution in [2.24, 2.45) is 11.8 Å². The van der Waals surface area contributed by atoms with Gasteiger partial charge >= 0.3 is 5.97 Å². The average Bonchev–Trinajstić information content (AvgIpc) is 2.86. The van der Waals surface area contributed by atoms with Crippen LogP contribution in [0.2, 0.25) is 0 Å². The fourth-order valence-corrected chi connectivity index (χ4v) is 4.70. The SMILES string of the molecule is CC(=O)OC1C2=C(C)CCC2C2(C)OC1(C(C)C)CC2O. The second-order valence-electron chi connectivity index (χ2n) is 7.43. The summed E-state index contributed by atoms with van der Waals surface area (Å²) < 4.78 is 12.2. The van der Waals surface area contributed by atoms with Crippen LogP contribution in [-0.4, -0.2) is 34.5 Å². The zero-order valence-corrected chi connectivity index (χ0v) is 13.6. The van der Waals surface area contributed by atoms with Gasteiger partial charge in [-0.25, -0.2) is 0 Å². The summed E-state index contributed by atoms with van der Waals surface area (Å²) in [4.78, 5) is 11.6. The van der Waals surface area contributed by atoms with Crippen LogP contribution in [0.5, 0.6) is 0 Å². The van der Waals surface area contributed by atoms with E-state index >= 15 is 0 Å². The van der Waals surface area contributed by atoms with Crippen LogP contribution in [0.1, 0.15) is 53.9 Å². The maximum Gasteiger partial charge on any atom is 0.303 e. The summed E-state index contributed by atoms with van der Waals surface area (Å²) in [6.45, 7) is 9.77. The molecule has 21 heavy (non-hydrogen) atoms. The van der Waals surface area contributed by atoms with E-state index in [-0.39, 0.29) is 23.9 Å². The molecule has 118 valence electrons. The molecule has 4 heteroatoms. The minimum atomic E-state index is -0.600. The van der Waals surface area contributed by atoms with Crippen molar-refractivity contribution in [1.29, 1.82) is 0 Å². The number of rotatable bonds is 2. The number of hydrogen-bond acceptors (Lipinski definition) is 4. The van der Waals surface area contributed by atoms with Crippen LogP contribution in [0.3, 0.4) is 0 Å². The Labute approximate surface area is 126 Å². The topological polar surface area (TPSA) is 55.8 Å². The third-order valence-corrected chi connectivity index (χ3v) is 5.94. The Morgan fingerprint density at radius 2 is 2.14 bits per heavy atom. The van der Waals surface area contributed by atoms with Crippen molar-refractivity contribution < 1.29 is 19.4 Å². The molecule has 0 amide bonds. The summed E-state index contributed by atoms with van der Waals surface area (Å²) in [5, 5.41) is 10.7. The van der Waals surface area contributed by atoms with Crippen molar-refractivity contribution in [3.63, 3.8) is 0 Å². The van der Waals surface area contributed by atoms with E-state index in [1.807, 2.05) is 6.92 Å². The molecule has 5 unspecified atom stereocenters. The summed E-state index contributed by atoms with van der Waals surface area (Å²) in [6.07, 6.45) is 1.64. The van der Waals surface area contributed by atoms with Crippen LogP contribution in [0.25, 0.3) is 0 Å². The van der Waals surface area contributed by atoms with Gasteiger partial charge in [-0.2, -0.15) is 0 Å². The second kappa shape index (κ2) is 4.56. The van der Waals surface area contributed by atoms with Gasteiger partial charge in [-0.15, -0.1) is 0 Å². The monoisotopic (exact) mass is 294 g/mol. The lowest BCUT2D eigenvalue weighted by Crippen LogP contribution is -2.58. The molecule has 2 bridgehead atoms. The molecule has 0 saturated carbocycles. The van der Waals surface area contributed by atoms with Gasteiger partial charge in [-0.05, 0) is 38.2 Å². The summed E-state index contributed by atoms with van der Waals surface area (Å²) in [5.74, 6) is 0.0472. The predicted octanol–water partition coefficient (Wildman–Crippen LogP) is 2.59. The standard InChI is InChI=1S/C17H26O4/c1-9(2)17-8-13(19)16(5,21-17)12-7-6-10(3)14(12)15(17)20-11(4)18/h9,12-13,15,19H,6-8H2,1-5H3. The van der Waals surface area contributed by atoms with Crippen LogP contribution < -0.4 is 0 Å². The lowest BCUT2D eigenvalue weighted by Gasteiger charge is -2.50. The number of esters is 1. The fourth-order valence-electron chi connectivity index (χ4n) is 4.70. The molecular formula is C17H26O4. The molecule has 2 heterocycles. The zero-order valence-electron chi connectivity index (χ0n) is 13.6. The molecule has 3 aliphatic rings. The highest BCUT2D eigenvalue weighted by molar-refractivity contribution is 5.67. The Morgan fingerprint density at radius 3 is 2.71 bits per heavy atom. The summed E-state index contributed by atoms with van der Waals surface area (Å²) in [5.41, 5.74) is 1.37. The summed E-state index contributed by atoms with van der Waals surface area (Å²) in [6, 6.07) is 0. The van der Waals surface area contributed by atoms with Crippen molar-refractivity contribution in [3.05, 3.63) is 11.1 Å². The lowest BCUT2D eigenvalue weighted by atomic mass is 9.74. The van der Waals surface area contributed by atoms with Gasteiger partial charge in [0.1, 0.15) is 5.60 Å². The Bertz CT molecular complexity index is 509. The van der Waals surface area contributed by atoms with Gasteiger partial charge in [0, 0.05) is 19.3 Å². The van der Waals surface area contributed by atoms with Crippen LogP contribution in [0.4, 0.5) is 0 Å². The molecule has 1 N–H and O–H groups in total. The van der Waals surface area contributed by atoms with E-state index in [2.05, 4.69) is 20.8 Å². The Morgan fingerprint density at radius 1 is 1.48 bits per heavy atom. The quantitative estimate of drug-likeness (QED) is 0.628. The molecule has 2 saturated heterocycles. The molecule has 2 aliphatic heterocycles. The van der Waals surface area contributed by atoms with E-state index in [4.69, 9.17) is 9.47 Å². The molecule has 1 aliphatic carbocycles. The van der Waals surface area contributed by atoms with Crippen molar-refractivity contribution in [3.8, 4) is 0 Å². The number of fused-ring (bicyclic) bond motifs is 4. The minimum absolute atomic E-state index is 0.159. The van der Waals surface area contributed by atoms with Gasteiger partial charge in [-0.3, -0.25) is 4.79 Å². The molecule has 3 rings (SSSR count). The van der Waals surface area contributed by atoms with Gasteiger partial charge < -0.3 is 14.6 Å². The normalized spacial score (nSPS) is 45.2. The zero-order chi connectivity index (χ0) is 15.6. The molecule has 4 nitrogen and oxygen atoms in total. The van der Waals surface area contributed by atoms with Crippen LogP contribution in [0, 0.1) is 11.8 Å². The summed E-state index contributed by atoms with van der Waals surface area (Å²) in [7, 11) is 0. The number of carbonyl (C=O) groups excluding carboxylic acids is 1. The first-order chi connectivity index (χ1) is 9.72. The van der Waals surface area contributed by atoms with Crippen LogP contribution >= 0.6 is 0 Å². The number of carbonyl (C=O) groups is 1. The van der Waals surface area contributed by atoms with Gasteiger partial charge in [-0.1, -0.05) is 19.4 Å². The fraction of sp³-hybridized carbons (Fsp3) is 0.824. The van der Waals surface area contributed by atoms with Crippen molar-refractivity contribution >= 4 is 5.97 Å². The number of ether oxygens (including phenoxy) is 2. The van der Waals surface area contributed by atoms with Gasteiger partial charge in [0.25, 0.3) is 0 Å². The van der Waals surface area contributed by atoms with Gasteiger partial charge in [0.05, 0.1) is 11.7 Å². The van der Waals surface area contributed by atoms with Crippen molar-refractivity contribution in [1.82, 2.24) is 0 Å². The first-order valence-corrected chi connectivity index (χ1v) is 7.97. The smallest absolute Gasteiger partial charge is 0.303 e. The molecule has 0 aromatic heterocycles.